The number of hydrogen-bond donors (Lipinski definition) is 1. The minimum Gasteiger partial charge on any atom is -0.259 e. The van der Waals surface area contributed by atoms with Gasteiger partial charge < -0.3 is 0 Å². The van der Waals surface area contributed by atoms with E-state index in [4.69, 9.17) is 5.41 Å². The highest BCUT2D eigenvalue weighted by Crippen LogP contribution is 2.04. The lowest BCUT2D eigenvalue weighted by Gasteiger charge is -1.94. The lowest BCUT2D eigenvalue weighted by atomic mass is 10.1. The van der Waals surface area contributed by atoms with Crippen LogP contribution in [0.3, 0.4) is 0 Å². The van der Waals surface area contributed by atoms with E-state index in [1.54, 1.807) is 6.08 Å². The van der Waals surface area contributed by atoms with Crippen molar-refractivity contribution < 1.29 is 0 Å². The Morgan fingerprint density at radius 3 is 2.50 bits per heavy atom. The Balaban J connectivity index is 2.83. The van der Waals surface area contributed by atoms with Crippen LogP contribution >= 0.6 is 0 Å². The highest BCUT2D eigenvalue weighted by molar-refractivity contribution is 5.46. The average molecular weight is 139 g/mol. The van der Waals surface area contributed by atoms with Crippen molar-refractivity contribution in [3.05, 3.63) is 6.08 Å². The van der Waals surface area contributed by atoms with Gasteiger partial charge in [-0.05, 0) is 24.8 Å². The third-order valence-corrected chi connectivity index (χ3v) is 1.55. The van der Waals surface area contributed by atoms with E-state index in [0.717, 1.165) is 6.42 Å². The topological polar surface area (TPSA) is 23.9 Å². The fraction of sp³-hybridized carbons (Fsp3) is 0.778. The van der Waals surface area contributed by atoms with Gasteiger partial charge in [0.05, 0.1) is 0 Å². The van der Waals surface area contributed by atoms with E-state index in [0.29, 0.717) is 0 Å². The summed E-state index contributed by atoms with van der Waals surface area (Å²) in [6, 6.07) is 0. The van der Waals surface area contributed by atoms with Gasteiger partial charge in [-0.15, -0.1) is 0 Å². The molecule has 10 heavy (non-hydrogen) atoms. The Labute approximate surface area is 63.7 Å². The van der Waals surface area contributed by atoms with Gasteiger partial charge in [0.2, 0.25) is 0 Å². The van der Waals surface area contributed by atoms with Gasteiger partial charge in [0, 0.05) is 0 Å². The smallest absolute Gasteiger partial charge is 0.0234 e. The summed E-state index contributed by atoms with van der Waals surface area (Å²) in [5, 5.41) is 6.61. The zero-order valence-corrected chi connectivity index (χ0v) is 6.82. The number of unbranched alkanes of at least 4 members (excludes halogenated alkanes) is 5. The van der Waals surface area contributed by atoms with Crippen molar-refractivity contribution in [2.45, 2.75) is 45.4 Å². The number of nitrogens with one attached hydrogen (secondary N) is 1. The van der Waals surface area contributed by atoms with Crippen molar-refractivity contribution in [2.75, 3.05) is 0 Å². The molecule has 0 radical (unpaired) electrons. The summed E-state index contributed by atoms with van der Waals surface area (Å²) < 4.78 is 0. The molecule has 0 saturated heterocycles. The summed E-state index contributed by atoms with van der Waals surface area (Å²) in [4.78, 5) is 0. The molecule has 0 bridgehead atoms. The molecular formula is C9H17N. The summed E-state index contributed by atoms with van der Waals surface area (Å²) >= 11 is 0. The second-order valence-corrected chi connectivity index (χ2v) is 2.55. The third-order valence-electron chi connectivity index (χ3n) is 1.55. The van der Waals surface area contributed by atoms with Crippen LogP contribution < -0.4 is 0 Å². The molecular weight excluding hydrogens is 122 g/mol. The fourth-order valence-corrected chi connectivity index (χ4v) is 0.922. The summed E-state index contributed by atoms with van der Waals surface area (Å²) in [5.41, 5.74) is 0. The van der Waals surface area contributed by atoms with Crippen LogP contribution in [0.2, 0.25) is 0 Å². The molecule has 1 nitrogen and oxygen atoms in total. The molecule has 1 N–H and O–H groups in total. The first kappa shape index (κ1) is 9.45. The van der Waals surface area contributed by atoms with Crippen LogP contribution in [-0.4, -0.2) is 5.87 Å². The summed E-state index contributed by atoms with van der Waals surface area (Å²) in [6.45, 7) is 2.22. The van der Waals surface area contributed by atoms with E-state index in [1.165, 1.54) is 32.1 Å². The molecule has 0 aromatic rings. The Morgan fingerprint density at radius 2 is 1.90 bits per heavy atom. The Morgan fingerprint density at radius 1 is 1.20 bits per heavy atom. The second-order valence-electron chi connectivity index (χ2n) is 2.55. The van der Waals surface area contributed by atoms with Crippen molar-refractivity contribution in [2.24, 2.45) is 0 Å². The molecule has 0 aromatic heterocycles. The van der Waals surface area contributed by atoms with Crippen LogP contribution in [0.15, 0.2) is 6.08 Å². The zero-order valence-electron chi connectivity index (χ0n) is 6.82. The second kappa shape index (κ2) is 8.45. The molecule has 58 valence electrons. The van der Waals surface area contributed by atoms with E-state index in [2.05, 4.69) is 12.8 Å². The van der Waals surface area contributed by atoms with Crippen molar-refractivity contribution >= 4 is 5.87 Å². The maximum Gasteiger partial charge on any atom is -0.0234 e. The zero-order chi connectivity index (χ0) is 7.66. The van der Waals surface area contributed by atoms with Crippen LogP contribution in [-0.2, 0) is 0 Å². The number of allylic oxidation sites excluding steroid dienone is 1. The fourth-order valence-electron chi connectivity index (χ4n) is 0.922. The molecule has 0 unspecified atom stereocenters. The van der Waals surface area contributed by atoms with Gasteiger partial charge in [-0.1, -0.05) is 32.6 Å². The van der Waals surface area contributed by atoms with E-state index in [-0.39, 0.29) is 0 Å². The molecule has 0 aliphatic rings. The monoisotopic (exact) mass is 139 g/mol. The summed E-state index contributed by atoms with van der Waals surface area (Å²) in [7, 11) is 0. The lowest BCUT2D eigenvalue weighted by molar-refractivity contribution is 0.638. The Hall–Kier alpha value is -0.550. The van der Waals surface area contributed by atoms with Crippen LogP contribution in [0, 0.1) is 5.41 Å². The van der Waals surface area contributed by atoms with Crippen molar-refractivity contribution in [1.29, 1.82) is 5.41 Å². The highest BCUT2D eigenvalue weighted by atomic mass is 14.3. The molecule has 0 aliphatic heterocycles. The van der Waals surface area contributed by atoms with Gasteiger partial charge in [-0.3, -0.25) is 5.41 Å². The SMILES string of the molecule is CCCCCCCC=C=N. The molecule has 0 fully saturated rings. The third kappa shape index (κ3) is 7.45. The average Bonchev–Trinajstić information content (AvgIpc) is 1.97. The Kier molecular flexibility index (Phi) is 7.99. The van der Waals surface area contributed by atoms with Gasteiger partial charge >= 0.3 is 0 Å². The van der Waals surface area contributed by atoms with E-state index in [1.807, 2.05) is 0 Å². The first-order valence-corrected chi connectivity index (χ1v) is 4.15. The van der Waals surface area contributed by atoms with E-state index in [9.17, 15) is 0 Å². The number of rotatable bonds is 6. The first-order chi connectivity index (χ1) is 4.91. The summed E-state index contributed by atoms with van der Waals surface area (Å²) in [5.74, 6) is 2.28. The molecule has 0 spiro atoms. The van der Waals surface area contributed by atoms with Crippen LogP contribution in [0.1, 0.15) is 45.4 Å². The standard InChI is InChI=1S/C9H17N/c1-2-3-4-5-6-7-8-9-10/h8,10H,2-7H2,1H3. The quantitative estimate of drug-likeness (QED) is 0.432. The van der Waals surface area contributed by atoms with Crippen molar-refractivity contribution in [3.63, 3.8) is 0 Å². The van der Waals surface area contributed by atoms with Crippen LogP contribution in [0.5, 0.6) is 0 Å². The molecule has 0 amide bonds. The molecule has 0 aromatic carbocycles. The van der Waals surface area contributed by atoms with Gasteiger partial charge in [0.1, 0.15) is 0 Å². The maximum atomic E-state index is 6.61. The van der Waals surface area contributed by atoms with Crippen LogP contribution in [0.4, 0.5) is 0 Å². The predicted molar refractivity (Wildman–Crippen MR) is 45.7 cm³/mol. The molecule has 0 aliphatic carbocycles. The largest absolute Gasteiger partial charge is 0.259 e. The van der Waals surface area contributed by atoms with E-state index >= 15 is 0 Å². The van der Waals surface area contributed by atoms with Gasteiger partial charge in [0.15, 0.2) is 0 Å². The minimum atomic E-state index is 1.03. The summed E-state index contributed by atoms with van der Waals surface area (Å²) in [6.07, 6.45) is 9.38. The van der Waals surface area contributed by atoms with Gasteiger partial charge in [-0.2, -0.15) is 0 Å². The van der Waals surface area contributed by atoms with Crippen molar-refractivity contribution in [3.8, 4) is 0 Å². The highest BCUT2D eigenvalue weighted by Gasteiger charge is 1.85. The first-order valence-electron chi connectivity index (χ1n) is 4.15. The number of hydrogen-bond acceptors (Lipinski definition) is 1. The molecule has 0 heterocycles. The van der Waals surface area contributed by atoms with E-state index < -0.39 is 0 Å². The Bertz CT molecular complexity index is 101. The molecule has 1 heteroatoms. The van der Waals surface area contributed by atoms with Gasteiger partial charge in [-0.25, -0.2) is 0 Å². The lowest BCUT2D eigenvalue weighted by Crippen LogP contribution is -1.75. The van der Waals surface area contributed by atoms with Gasteiger partial charge in [0.25, 0.3) is 0 Å². The molecule has 0 saturated carbocycles. The molecule has 0 rings (SSSR count). The van der Waals surface area contributed by atoms with Crippen molar-refractivity contribution in [1.82, 2.24) is 0 Å². The maximum absolute atomic E-state index is 6.61. The molecule has 0 atom stereocenters. The predicted octanol–water partition coefficient (Wildman–Crippen LogP) is 3.15. The van der Waals surface area contributed by atoms with Crippen LogP contribution in [0.25, 0.3) is 0 Å². The normalized spacial score (nSPS) is 8.90. The minimum absolute atomic E-state index is 1.03.